The highest BCUT2D eigenvalue weighted by Crippen LogP contribution is 2.29. The Balaban J connectivity index is 1.83. The molecule has 3 rings (SSSR count). The Kier molecular flexibility index (Phi) is 2.45. The van der Waals surface area contributed by atoms with Gasteiger partial charge in [-0.05, 0) is 18.2 Å². The second-order valence-electron chi connectivity index (χ2n) is 4.41. The van der Waals surface area contributed by atoms with Crippen molar-refractivity contribution >= 4 is 17.5 Å². The number of β-amino-alcohol motifs (C(OH)–C–C–N with tert-alkyl or cyclic N) is 1. The van der Waals surface area contributed by atoms with E-state index < -0.39 is 6.10 Å². The zero-order valence-corrected chi connectivity index (χ0v) is 9.55. The van der Waals surface area contributed by atoms with Crippen molar-refractivity contribution < 1.29 is 19.4 Å². The molecule has 6 nitrogen and oxygen atoms in total. The molecule has 1 aromatic rings. The summed E-state index contributed by atoms with van der Waals surface area (Å²) in [5.41, 5.74) is 0.990. The topological polar surface area (TPSA) is 78.9 Å². The van der Waals surface area contributed by atoms with Crippen molar-refractivity contribution in [2.45, 2.75) is 6.10 Å². The van der Waals surface area contributed by atoms with E-state index in [1.54, 1.807) is 23.1 Å². The van der Waals surface area contributed by atoms with Crippen molar-refractivity contribution in [3.8, 4) is 5.75 Å². The first-order valence-corrected chi connectivity index (χ1v) is 5.67. The molecule has 1 aromatic carbocycles. The van der Waals surface area contributed by atoms with Crippen LogP contribution in [0.3, 0.4) is 0 Å². The molecule has 2 N–H and O–H groups in total. The molecule has 0 spiro atoms. The molecule has 18 heavy (non-hydrogen) atoms. The van der Waals surface area contributed by atoms with Crippen LogP contribution >= 0.6 is 0 Å². The van der Waals surface area contributed by atoms with Gasteiger partial charge in [0.15, 0.2) is 6.61 Å². The summed E-state index contributed by atoms with van der Waals surface area (Å²) in [6, 6.07) is 4.92. The Morgan fingerprint density at radius 2 is 2.22 bits per heavy atom. The molecule has 0 aromatic heterocycles. The van der Waals surface area contributed by atoms with Gasteiger partial charge in [-0.2, -0.15) is 0 Å². The normalized spacial score (nSPS) is 18.5. The van der Waals surface area contributed by atoms with Crippen LogP contribution in [0.2, 0.25) is 0 Å². The van der Waals surface area contributed by atoms with Gasteiger partial charge in [0.1, 0.15) is 5.75 Å². The van der Waals surface area contributed by atoms with Crippen LogP contribution in [0.15, 0.2) is 18.2 Å². The van der Waals surface area contributed by atoms with E-state index in [9.17, 15) is 14.7 Å². The van der Waals surface area contributed by atoms with Gasteiger partial charge in [0, 0.05) is 18.7 Å². The Labute approximate surface area is 103 Å². The predicted octanol–water partition coefficient (Wildman–Crippen LogP) is -0.166. The lowest BCUT2D eigenvalue weighted by Crippen LogP contribution is -2.53. The molecule has 2 aliphatic rings. The van der Waals surface area contributed by atoms with E-state index in [2.05, 4.69) is 5.32 Å². The summed E-state index contributed by atoms with van der Waals surface area (Å²) < 4.78 is 5.21. The molecule has 0 atom stereocenters. The fraction of sp³-hybridized carbons (Fsp3) is 0.333. The molecule has 1 saturated heterocycles. The number of fused-ring (bicyclic) bond motifs is 1. The zero-order chi connectivity index (χ0) is 12.7. The summed E-state index contributed by atoms with van der Waals surface area (Å²) >= 11 is 0. The molecule has 6 heteroatoms. The first-order valence-electron chi connectivity index (χ1n) is 5.67. The number of hydrogen-bond donors (Lipinski definition) is 2. The summed E-state index contributed by atoms with van der Waals surface area (Å²) in [5, 5.41) is 11.8. The number of anilines is 1. The van der Waals surface area contributed by atoms with Crippen molar-refractivity contribution in [3.05, 3.63) is 23.8 Å². The molecule has 2 heterocycles. The summed E-state index contributed by atoms with van der Waals surface area (Å²) in [7, 11) is 0. The van der Waals surface area contributed by atoms with Crippen LogP contribution in [0.1, 0.15) is 10.4 Å². The molecule has 1 fully saturated rings. The van der Waals surface area contributed by atoms with E-state index >= 15 is 0 Å². The standard InChI is InChI=1S/C12H12N2O4/c15-8-4-14(5-8)12(17)7-1-2-10-9(3-7)13-11(16)6-18-10/h1-3,8,15H,4-6H2,(H,13,16). The molecule has 2 aliphatic heterocycles. The minimum absolute atomic E-state index is 0.00138. The quantitative estimate of drug-likeness (QED) is 0.723. The molecule has 0 aliphatic carbocycles. The van der Waals surface area contributed by atoms with E-state index in [1.807, 2.05) is 0 Å². The van der Waals surface area contributed by atoms with Gasteiger partial charge in [0.25, 0.3) is 11.8 Å². The zero-order valence-electron chi connectivity index (χ0n) is 9.55. The first kappa shape index (κ1) is 11.0. The van der Waals surface area contributed by atoms with E-state index in [-0.39, 0.29) is 18.4 Å². The lowest BCUT2D eigenvalue weighted by atomic mass is 10.1. The summed E-state index contributed by atoms with van der Waals surface area (Å²) in [5.74, 6) is 0.184. The number of aliphatic hydroxyl groups is 1. The highest BCUT2D eigenvalue weighted by atomic mass is 16.5. The van der Waals surface area contributed by atoms with E-state index in [4.69, 9.17) is 4.74 Å². The van der Waals surface area contributed by atoms with E-state index in [0.717, 1.165) is 0 Å². The summed E-state index contributed by atoms with van der Waals surface area (Å²) in [4.78, 5) is 24.7. The molecule has 0 unspecified atom stereocenters. The Bertz CT molecular complexity index is 523. The largest absolute Gasteiger partial charge is 0.482 e. The number of carbonyl (C=O) groups is 2. The molecular weight excluding hydrogens is 236 g/mol. The Morgan fingerprint density at radius 1 is 1.44 bits per heavy atom. The van der Waals surface area contributed by atoms with Crippen LogP contribution in [0, 0.1) is 0 Å². The highest BCUT2D eigenvalue weighted by Gasteiger charge is 2.30. The fourth-order valence-corrected chi connectivity index (χ4v) is 2.02. The van der Waals surface area contributed by atoms with Crippen molar-refractivity contribution in [2.24, 2.45) is 0 Å². The lowest BCUT2D eigenvalue weighted by molar-refractivity contribution is -0.118. The Hall–Kier alpha value is -2.08. The molecule has 0 bridgehead atoms. The minimum Gasteiger partial charge on any atom is -0.482 e. The molecule has 2 amide bonds. The minimum atomic E-state index is -0.422. The third-order valence-electron chi connectivity index (χ3n) is 3.01. The van der Waals surface area contributed by atoms with Gasteiger partial charge in [-0.15, -0.1) is 0 Å². The van der Waals surface area contributed by atoms with Crippen molar-refractivity contribution in [1.29, 1.82) is 0 Å². The number of likely N-dealkylation sites (tertiary alicyclic amines) is 1. The third kappa shape index (κ3) is 1.80. The second kappa shape index (κ2) is 3.99. The van der Waals surface area contributed by atoms with Crippen LogP contribution < -0.4 is 10.1 Å². The van der Waals surface area contributed by atoms with Gasteiger partial charge in [0.2, 0.25) is 0 Å². The monoisotopic (exact) mass is 248 g/mol. The van der Waals surface area contributed by atoms with E-state index in [0.29, 0.717) is 30.1 Å². The average molecular weight is 248 g/mol. The molecule has 94 valence electrons. The number of carbonyl (C=O) groups excluding carboxylic acids is 2. The number of nitrogens with one attached hydrogen (secondary N) is 1. The average Bonchev–Trinajstić information content (AvgIpc) is 2.33. The fourth-order valence-electron chi connectivity index (χ4n) is 2.02. The van der Waals surface area contributed by atoms with Gasteiger partial charge in [-0.1, -0.05) is 0 Å². The van der Waals surface area contributed by atoms with E-state index in [1.165, 1.54) is 0 Å². The number of ether oxygens (including phenoxy) is 1. The van der Waals surface area contributed by atoms with Crippen molar-refractivity contribution in [3.63, 3.8) is 0 Å². The number of hydrogen-bond acceptors (Lipinski definition) is 4. The maximum absolute atomic E-state index is 12.0. The van der Waals surface area contributed by atoms with Crippen LogP contribution in [0.25, 0.3) is 0 Å². The highest BCUT2D eigenvalue weighted by molar-refractivity contribution is 6.00. The smallest absolute Gasteiger partial charge is 0.262 e. The van der Waals surface area contributed by atoms with Gasteiger partial charge < -0.3 is 20.1 Å². The third-order valence-corrected chi connectivity index (χ3v) is 3.01. The van der Waals surface area contributed by atoms with Crippen LogP contribution in [0.5, 0.6) is 5.75 Å². The van der Waals surface area contributed by atoms with Gasteiger partial charge in [-0.25, -0.2) is 0 Å². The number of amides is 2. The first-order chi connectivity index (χ1) is 8.63. The van der Waals surface area contributed by atoms with Gasteiger partial charge in [-0.3, -0.25) is 9.59 Å². The van der Waals surface area contributed by atoms with Crippen molar-refractivity contribution in [2.75, 3.05) is 25.0 Å². The second-order valence-corrected chi connectivity index (χ2v) is 4.41. The Morgan fingerprint density at radius 3 is 2.94 bits per heavy atom. The summed E-state index contributed by atoms with van der Waals surface area (Å²) in [6.45, 7) is 0.718. The SMILES string of the molecule is O=C1COc2ccc(C(=O)N3CC(O)C3)cc2N1. The van der Waals surface area contributed by atoms with Crippen LogP contribution in [-0.2, 0) is 4.79 Å². The molecular formula is C12H12N2O4. The lowest BCUT2D eigenvalue weighted by Gasteiger charge is -2.36. The number of rotatable bonds is 1. The van der Waals surface area contributed by atoms with Crippen molar-refractivity contribution in [1.82, 2.24) is 4.90 Å². The number of nitrogens with zero attached hydrogens (tertiary/aromatic N) is 1. The van der Waals surface area contributed by atoms with Gasteiger partial charge >= 0.3 is 0 Å². The maximum atomic E-state index is 12.0. The van der Waals surface area contributed by atoms with Gasteiger partial charge in [0.05, 0.1) is 11.8 Å². The van der Waals surface area contributed by atoms with Crippen LogP contribution in [0.4, 0.5) is 5.69 Å². The molecule has 0 saturated carbocycles. The molecule has 0 radical (unpaired) electrons. The number of aliphatic hydroxyl groups excluding tert-OH is 1. The maximum Gasteiger partial charge on any atom is 0.262 e. The number of benzene rings is 1. The van der Waals surface area contributed by atoms with Crippen LogP contribution in [-0.4, -0.2) is 47.6 Å². The predicted molar refractivity (Wildman–Crippen MR) is 62.5 cm³/mol. The summed E-state index contributed by atoms with van der Waals surface area (Å²) in [6.07, 6.45) is -0.422.